The number of aromatic nitrogens is 2. The Bertz CT molecular complexity index is 1880. The van der Waals surface area contributed by atoms with Crippen LogP contribution < -0.4 is 4.90 Å². The fourth-order valence-electron chi connectivity index (χ4n) is 6.86. The van der Waals surface area contributed by atoms with Gasteiger partial charge >= 0.3 is 0 Å². The molecule has 3 heteroatoms. The van der Waals surface area contributed by atoms with Crippen molar-refractivity contribution < 1.29 is 0 Å². The summed E-state index contributed by atoms with van der Waals surface area (Å²) < 4.78 is 0. The van der Waals surface area contributed by atoms with E-state index in [-0.39, 0.29) is 0 Å². The Hall–Kier alpha value is -5.28. The number of benzene rings is 5. The predicted octanol–water partition coefficient (Wildman–Crippen LogP) is 11.9. The largest absolute Gasteiger partial charge is 0.311 e. The number of aryl methyl sites for hydroxylation is 1. The van der Waals surface area contributed by atoms with Crippen molar-refractivity contribution in [3.05, 3.63) is 169 Å². The SMILES string of the molecule is CCCCC(C=C1c2ccccc2-c2ccccc21)CCCc1ccc(N(c2ccccc2)c2ccc(-c3ncccn3)cc2)cc1. The number of rotatable bonds is 12. The summed E-state index contributed by atoms with van der Waals surface area (Å²) >= 11 is 0. The molecule has 232 valence electrons. The van der Waals surface area contributed by atoms with Crippen LogP contribution in [-0.2, 0) is 6.42 Å². The molecule has 0 bridgehead atoms. The Morgan fingerprint density at radius 3 is 1.70 bits per heavy atom. The fourth-order valence-corrected chi connectivity index (χ4v) is 6.86. The zero-order chi connectivity index (χ0) is 31.8. The van der Waals surface area contributed by atoms with Crippen LogP contribution in [0.1, 0.15) is 55.7 Å². The molecule has 0 aliphatic heterocycles. The molecule has 1 atom stereocenters. The zero-order valence-electron chi connectivity index (χ0n) is 27.1. The van der Waals surface area contributed by atoms with Gasteiger partial charge in [0.1, 0.15) is 0 Å². The Morgan fingerprint density at radius 1 is 0.553 bits per heavy atom. The molecule has 0 saturated heterocycles. The number of unbranched alkanes of at least 4 members (excludes halogenated alkanes) is 1. The average molecular weight is 612 g/mol. The number of nitrogens with zero attached hydrogens (tertiary/aromatic N) is 3. The quantitative estimate of drug-likeness (QED) is 0.138. The number of anilines is 3. The van der Waals surface area contributed by atoms with Crippen molar-refractivity contribution in [2.75, 3.05) is 4.90 Å². The fraction of sp³-hybridized carbons (Fsp3) is 0.182. The summed E-state index contributed by atoms with van der Waals surface area (Å²) in [5.41, 5.74) is 12.7. The van der Waals surface area contributed by atoms with E-state index in [1.165, 1.54) is 65.5 Å². The van der Waals surface area contributed by atoms with E-state index >= 15 is 0 Å². The van der Waals surface area contributed by atoms with Gasteiger partial charge in [0.25, 0.3) is 0 Å². The molecular formula is C44H41N3. The highest BCUT2D eigenvalue weighted by molar-refractivity contribution is 6.01. The molecular weight excluding hydrogens is 571 g/mol. The second-order valence-corrected chi connectivity index (χ2v) is 12.4. The number of hydrogen-bond acceptors (Lipinski definition) is 3. The molecule has 1 aromatic heterocycles. The molecule has 0 N–H and O–H groups in total. The monoisotopic (exact) mass is 611 g/mol. The van der Waals surface area contributed by atoms with E-state index in [0.717, 1.165) is 34.9 Å². The standard InChI is InChI=1S/C44H41N3/c1-2-3-13-34(32-43-41-20-9-7-18-39(41)40-19-8-10-21-42(40)43)15-11-14-33-22-26-37(27-23-33)47(36-16-5-4-6-17-36)38-28-24-35(25-29-38)44-45-30-12-31-46-44/h4-10,12,16-32,34H,2-3,11,13-15H2,1H3. The summed E-state index contributed by atoms with van der Waals surface area (Å²) in [4.78, 5) is 11.1. The Morgan fingerprint density at radius 2 is 1.09 bits per heavy atom. The highest BCUT2D eigenvalue weighted by Crippen LogP contribution is 2.45. The summed E-state index contributed by atoms with van der Waals surface area (Å²) in [7, 11) is 0. The minimum Gasteiger partial charge on any atom is -0.311 e. The van der Waals surface area contributed by atoms with Gasteiger partial charge in [0, 0.05) is 35.0 Å². The topological polar surface area (TPSA) is 29.0 Å². The molecule has 0 amide bonds. The van der Waals surface area contributed by atoms with E-state index in [1.807, 2.05) is 6.07 Å². The lowest BCUT2D eigenvalue weighted by Gasteiger charge is -2.25. The van der Waals surface area contributed by atoms with Gasteiger partial charge in [-0.1, -0.05) is 105 Å². The van der Waals surface area contributed by atoms with E-state index in [0.29, 0.717) is 5.92 Å². The van der Waals surface area contributed by atoms with Crippen molar-refractivity contribution in [2.24, 2.45) is 5.92 Å². The normalized spacial score (nSPS) is 12.3. The second-order valence-electron chi connectivity index (χ2n) is 12.4. The molecule has 0 fully saturated rings. The van der Waals surface area contributed by atoms with Crippen LogP contribution in [0.4, 0.5) is 17.1 Å². The molecule has 5 aromatic carbocycles. The van der Waals surface area contributed by atoms with Gasteiger partial charge in [-0.2, -0.15) is 0 Å². The number of allylic oxidation sites excluding steroid dienone is 1. The molecule has 3 nitrogen and oxygen atoms in total. The lowest BCUT2D eigenvalue weighted by atomic mass is 9.90. The molecule has 0 spiro atoms. The second kappa shape index (κ2) is 14.4. The van der Waals surface area contributed by atoms with E-state index in [2.05, 4.69) is 155 Å². The van der Waals surface area contributed by atoms with E-state index in [4.69, 9.17) is 0 Å². The van der Waals surface area contributed by atoms with Crippen LogP contribution in [0.3, 0.4) is 0 Å². The predicted molar refractivity (Wildman–Crippen MR) is 197 cm³/mol. The van der Waals surface area contributed by atoms with Crippen LogP contribution in [0.5, 0.6) is 0 Å². The molecule has 6 aromatic rings. The Labute approximate surface area is 279 Å². The molecule has 1 aliphatic carbocycles. The van der Waals surface area contributed by atoms with Crippen LogP contribution in [0.15, 0.2) is 152 Å². The van der Waals surface area contributed by atoms with Gasteiger partial charge in [0.2, 0.25) is 0 Å². The number of fused-ring (bicyclic) bond motifs is 3. The number of para-hydroxylation sites is 1. The molecule has 47 heavy (non-hydrogen) atoms. The zero-order valence-corrected chi connectivity index (χ0v) is 27.1. The van der Waals surface area contributed by atoms with Crippen molar-refractivity contribution in [1.29, 1.82) is 0 Å². The molecule has 7 rings (SSSR count). The van der Waals surface area contributed by atoms with Gasteiger partial charge in [-0.3, -0.25) is 0 Å². The molecule has 0 saturated carbocycles. The average Bonchev–Trinajstić information content (AvgIpc) is 3.45. The third kappa shape index (κ3) is 6.80. The first kappa shape index (κ1) is 30.4. The maximum atomic E-state index is 4.41. The first-order chi connectivity index (χ1) is 23.3. The summed E-state index contributed by atoms with van der Waals surface area (Å²) in [5, 5.41) is 0. The molecule has 1 heterocycles. The van der Waals surface area contributed by atoms with Crippen LogP contribution in [-0.4, -0.2) is 9.97 Å². The van der Waals surface area contributed by atoms with Crippen LogP contribution in [0, 0.1) is 5.92 Å². The van der Waals surface area contributed by atoms with Crippen molar-refractivity contribution in [3.63, 3.8) is 0 Å². The summed E-state index contributed by atoms with van der Waals surface area (Å²) in [6.45, 7) is 2.30. The van der Waals surface area contributed by atoms with E-state index < -0.39 is 0 Å². The smallest absolute Gasteiger partial charge is 0.159 e. The van der Waals surface area contributed by atoms with E-state index in [9.17, 15) is 0 Å². The summed E-state index contributed by atoms with van der Waals surface area (Å²) in [6, 6.07) is 47.9. The van der Waals surface area contributed by atoms with Gasteiger partial charge < -0.3 is 4.90 Å². The highest BCUT2D eigenvalue weighted by atomic mass is 15.1. The Kier molecular flexibility index (Phi) is 9.33. The van der Waals surface area contributed by atoms with Gasteiger partial charge in [-0.05, 0) is 120 Å². The van der Waals surface area contributed by atoms with Crippen molar-refractivity contribution in [3.8, 4) is 22.5 Å². The van der Waals surface area contributed by atoms with Gasteiger partial charge in [-0.25, -0.2) is 9.97 Å². The first-order valence-electron chi connectivity index (χ1n) is 17.0. The van der Waals surface area contributed by atoms with Gasteiger partial charge in [-0.15, -0.1) is 0 Å². The molecule has 1 unspecified atom stereocenters. The third-order valence-corrected chi connectivity index (χ3v) is 9.25. The maximum Gasteiger partial charge on any atom is 0.159 e. The van der Waals surface area contributed by atoms with Crippen molar-refractivity contribution in [2.45, 2.75) is 45.4 Å². The van der Waals surface area contributed by atoms with Crippen LogP contribution in [0.25, 0.3) is 28.1 Å². The highest BCUT2D eigenvalue weighted by Gasteiger charge is 2.23. The Balaban J connectivity index is 1.07. The van der Waals surface area contributed by atoms with E-state index in [1.54, 1.807) is 12.4 Å². The summed E-state index contributed by atoms with van der Waals surface area (Å²) in [6.07, 6.45) is 13.3. The summed E-state index contributed by atoms with van der Waals surface area (Å²) in [5.74, 6) is 1.31. The van der Waals surface area contributed by atoms with Gasteiger partial charge in [0.05, 0.1) is 0 Å². The minimum absolute atomic E-state index is 0.571. The minimum atomic E-state index is 0.571. The molecule has 0 radical (unpaired) electrons. The van der Waals surface area contributed by atoms with Crippen LogP contribution >= 0.6 is 0 Å². The van der Waals surface area contributed by atoms with Crippen molar-refractivity contribution >= 4 is 22.6 Å². The third-order valence-electron chi connectivity index (χ3n) is 9.25. The maximum absolute atomic E-state index is 4.41. The lowest BCUT2D eigenvalue weighted by Crippen LogP contribution is -2.09. The first-order valence-corrected chi connectivity index (χ1v) is 17.0. The molecule has 1 aliphatic rings. The van der Waals surface area contributed by atoms with Crippen LogP contribution in [0.2, 0.25) is 0 Å². The number of hydrogen-bond donors (Lipinski definition) is 0. The van der Waals surface area contributed by atoms with Gasteiger partial charge in [0.15, 0.2) is 5.82 Å². The lowest BCUT2D eigenvalue weighted by molar-refractivity contribution is 0.501. The van der Waals surface area contributed by atoms with Crippen molar-refractivity contribution in [1.82, 2.24) is 9.97 Å².